The fraction of sp³-hybridized carbons (Fsp3) is 0.600. The van der Waals surface area contributed by atoms with Gasteiger partial charge >= 0.3 is 0 Å². The van der Waals surface area contributed by atoms with Crippen molar-refractivity contribution in [2.75, 3.05) is 19.6 Å². The highest BCUT2D eigenvalue weighted by molar-refractivity contribution is 6.30. The van der Waals surface area contributed by atoms with E-state index in [1.54, 1.807) is 0 Å². The second-order valence-electron chi connectivity index (χ2n) is 13.9. The largest absolute Gasteiger partial charge is 0.351 e. The number of benzene rings is 2. The smallest absolute Gasteiger partial charge is 0.237 e. The van der Waals surface area contributed by atoms with Crippen molar-refractivity contribution < 1.29 is 9.59 Å². The SMILES string of the molecule is CC(C)(C)NC(=O)C1(C2CCCCC2)CCN(C[C@@H](Cc2ccc(Cl)cc2)NC(=O)[C@H]2Cc3ccccc3CN2)CC1.Cl. The number of rotatable bonds is 8. The van der Waals surface area contributed by atoms with E-state index in [2.05, 4.69) is 72.0 Å². The Balaban J connectivity index is 0.00000423. The standard InChI is InChI=1S/C35H49ClN4O2.ClH/c1-34(2,3)39-33(42)35(28-11-5-4-6-12-28)17-19-40(20-18-35)24-30(21-25-13-15-29(36)16-14-25)38-32(41)31-22-26-9-7-8-10-27(26)23-37-31;/h7-10,13-16,28,30-31,37H,4-6,11-12,17-24H2,1-3H3,(H,38,41)(H,39,42);1H/t30-,31-;/m1./s1. The summed E-state index contributed by atoms with van der Waals surface area (Å²) in [5.74, 6) is 0.762. The van der Waals surface area contributed by atoms with Crippen molar-refractivity contribution in [2.24, 2.45) is 11.3 Å². The number of hydrogen-bond acceptors (Lipinski definition) is 4. The second kappa shape index (κ2) is 14.8. The maximum absolute atomic E-state index is 13.8. The van der Waals surface area contributed by atoms with Crippen molar-refractivity contribution in [1.29, 1.82) is 0 Å². The van der Waals surface area contributed by atoms with Crippen LogP contribution in [0, 0.1) is 11.3 Å². The van der Waals surface area contributed by atoms with Crippen LogP contribution in [0.15, 0.2) is 48.5 Å². The average molecular weight is 630 g/mol. The minimum absolute atomic E-state index is 0. The minimum atomic E-state index is -0.293. The van der Waals surface area contributed by atoms with Gasteiger partial charge in [-0.2, -0.15) is 0 Å². The predicted molar refractivity (Wildman–Crippen MR) is 178 cm³/mol. The van der Waals surface area contributed by atoms with Gasteiger partial charge in [0.2, 0.25) is 11.8 Å². The Kier molecular flexibility index (Phi) is 11.6. The molecule has 0 aromatic heterocycles. The average Bonchev–Trinajstić information content (AvgIpc) is 2.98. The Bertz CT molecular complexity index is 1220. The molecule has 2 aromatic carbocycles. The third-order valence-corrected chi connectivity index (χ3v) is 9.95. The number of halogens is 2. The van der Waals surface area contributed by atoms with Crippen molar-refractivity contribution in [3.05, 3.63) is 70.2 Å². The fourth-order valence-corrected chi connectivity index (χ4v) is 7.52. The first-order valence-corrected chi connectivity index (χ1v) is 16.4. The molecular formula is C35H50Cl2N4O2. The normalized spacial score (nSPS) is 21.6. The van der Waals surface area contributed by atoms with E-state index < -0.39 is 0 Å². The lowest BCUT2D eigenvalue weighted by molar-refractivity contribution is -0.141. The van der Waals surface area contributed by atoms with E-state index in [1.807, 2.05) is 18.2 Å². The number of nitrogens with one attached hydrogen (secondary N) is 3. The molecule has 2 fully saturated rings. The van der Waals surface area contributed by atoms with Crippen LogP contribution in [-0.4, -0.2) is 54.0 Å². The van der Waals surface area contributed by atoms with E-state index in [0.717, 1.165) is 57.3 Å². The number of nitrogens with zero attached hydrogens (tertiary/aromatic N) is 1. The maximum atomic E-state index is 13.8. The van der Waals surface area contributed by atoms with Gasteiger partial charge in [0.15, 0.2) is 0 Å². The van der Waals surface area contributed by atoms with Gasteiger partial charge in [0.05, 0.1) is 11.5 Å². The van der Waals surface area contributed by atoms with Crippen LogP contribution in [0.1, 0.15) is 82.4 Å². The molecule has 43 heavy (non-hydrogen) atoms. The summed E-state index contributed by atoms with van der Waals surface area (Å²) in [6.07, 6.45) is 9.25. The molecule has 0 spiro atoms. The zero-order chi connectivity index (χ0) is 29.7. The lowest BCUT2D eigenvalue weighted by Gasteiger charge is -2.48. The molecule has 1 saturated heterocycles. The molecule has 2 atom stereocenters. The summed E-state index contributed by atoms with van der Waals surface area (Å²) < 4.78 is 0. The summed E-state index contributed by atoms with van der Waals surface area (Å²) in [6.45, 7) is 9.46. The highest BCUT2D eigenvalue weighted by atomic mass is 35.5. The first-order chi connectivity index (χ1) is 20.1. The number of piperidine rings is 1. The quantitative estimate of drug-likeness (QED) is 0.331. The van der Waals surface area contributed by atoms with E-state index in [-0.39, 0.29) is 47.3 Å². The Hall–Kier alpha value is -2.12. The third-order valence-electron chi connectivity index (χ3n) is 9.69. The molecule has 2 heterocycles. The van der Waals surface area contributed by atoms with Gasteiger partial charge in [0.25, 0.3) is 0 Å². The molecule has 6 nitrogen and oxygen atoms in total. The number of likely N-dealkylation sites (tertiary alicyclic amines) is 1. The van der Waals surface area contributed by atoms with E-state index in [4.69, 9.17) is 11.6 Å². The number of hydrogen-bond donors (Lipinski definition) is 3. The fourth-order valence-electron chi connectivity index (χ4n) is 7.39. The van der Waals surface area contributed by atoms with Gasteiger partial charge in [-0.25, -0.2) is 0 Å². The third kappa shape index (κ3) is 8.75. The lowest BCUT2D eigenvalue weighted by Crippen LogP contribution is -2.58. The van der Waals surface area contributed by atoms with Crippen molar-refractivity contribution in [1.82, 2.24) is 20.9 Å². The molecule has 2 amide bonds. The summed E-state index contributed by atoms with van der Waals surface area (Å²) in [4.78, 5) is 29.9. The molecule has 2 aromatic rings. The van der Waals surface area contributed by atoms with Crippen LogP contribution in [-0.2, 0) is 29.0 Å². The summed E-state index contributed by atoms with van der Waals surface area (Å²) in [6, 6.07) is 16.0. The summed E-state index contributed by atoms with van der Waals surface area (Å²) >= 11 is 6.17. The van der Waals surface area contributed by atoms with Crippen LogP contribution in [0.5, 0.6) is 0 Å². The van der Waals surface area contributed by atoms with Crippen molar-refractivity contribution in [3.8, 4) is 0 Å². The number of carbonyl (C=O) groups excluding carboxylic acids is 2. The highest BCUT2D eigenvalue weighted by Gasteiger charge is 2.48. The molecule has 1 saturated carbocycles. The Labute approximate surface area is 269 Å². The van der Waals surface area contributed by atoms with Gasteiger partial charge in [-0.1, -0.05) is 67.3 Å². The zero-order valence-corrected chi connectivity index (χ0v) is 27.7. The number of fused-ring (bicyclic) bond motifs is 1. The Morgan fingerprint density at radius 3 is 2.30 bits per heavy atom. The number of carbonyl (C=O) groups is 2. The molecule has 3 N–H and O–H groups in total. The topological polar surface area (TPSA) is 73.5 Å². The lowest BCUT2D eigenvalue weighted by atomic mass is 9.63. The highest BCUT2D eigenvalue weighted by Crippen LogP contribution is 2.46. The maximum Gasteiger partial charge on any atom is 0.237 e. The van der Waals surface area contributed by atoms with E-state index in [0.29, 0.717) is 23.9 Å². The molecule has 0 radical (unpaired) electrons. The molecule has 3 aliphatic rings. The van der Waals surface area contributed by atoms with E-state index in [1.165, 1.54) is 30.4 Å². The zero-order valence-electron chi connectivity index (χ0n) is 26.1. The molecule has 8 heteroatoms. The summed E-state index contributed by atoms with van der Waals surface area (Å²) in [5, 5.41) is 10.9. The molecule has 0 bridgehead atoms. The van der Waals surface area contributed by atoms with Gasteiger partial charge in [-0.3, -0.25) is 9.59 Å². The molecule has 5 rings (SSSR count). The Morgan fingerprint density at radius 1 is 1.00 bits per heavy atom. The van der Waals surface area contributed by atoms with Gasteiger partial charge in [-0.15, -0.1) is 12.4 Å². The first kappa shape index (κ1) is 33.8. The molecule has 236 valence electrons. The molecule has 2 aliphatic heterocycles. The Morgan fingerprint density at radius 2 is 1.65 bits per heavy atom. The van der Waals surface area contributed by atoms with Gasteiger partial charge in [0.1, 0.15) is 0 Å². The van der Waals surface area contributed by atoms with Gasteiger partial charge < -0.3 is 20.9 Å². The summed E-state index contributed by atoms with van der Waals surface area (Å²) in [5.41, 5.74) is 3.14. The molecule has 1 aliphatic carbocycles. The van der Waals surface area contributed by atoms with Crippen molar-refractivity contribution in [3.63, 3.8) is 0 Å². The predicted octanol–water partition coefficient (Wildman–Crippen LogP) is 6.08. The summed E-state index contributed by atoms with van der Waals surface area (Å²) in [7, 11) is 0. The van der Waals surface area contributed by atoms with Crippen molar-refractivity contribution in [2.45, 2.75) is 103 Å². The van der Waals surface area contributed by atoms with Crippen LogP contribution < -0.4 is 16.0 Å². The van der Waals surface area contributed by atoms with E-state index >= 15 is 0 Å². The molecule has 0 unspecified atom stereocenters. The first-order valence-electron chi connectivity index (χ1n) is 16.0. The van der Waals surface area contributed by atoms with Crippen LogP contribution in [0.2, 0.25) is 5.02 Å². The van der Waals surface area contributed by atoms with Crippen LogP contribution >= 0.6 is 24.0 Å². The molecular weight excluding hydrogens is 579 g/mol. The van der Waals surface area contributed by atoms with Crippen LogP contribution in [0.3, 0.4) is 0 Å². The van der Waals surface area contributed by atoms with Crippen molar-refractivity contribution >= 4 is 35.8 Å². The van der Waals surface area contributed by atoms with Gasteiger partial charge in [0, 0.05) is 29.7 Å². The number of amides is 2. The van der Waals surface area contributed by atoms with Gasteiger partial charge in [-0.05, 0) is 107 Å². The van der Waals surface area contributed by atoms with E-state index in [9.17, 15) is 9.59 Å². The monoisotopic (exact) mass is 628 g/mol. The second-order valence-corrected chi connectivity index (χ2v) is 14.4. The minimum Gasteiger partial charge on any atom is -0.351 e. The van der Waals surface area contributed by atoms with Crippen LogP contribution in [0.25, 0.3) is 0 Å². The van der Waals surface area contributed by atoms with Crippen LogP contribution in [0.4, 0.5) is 0 Å².